The zero-order chi connectivity index (χ0) is 16.4. The maximum atomic E-state index is 12.4. The van der Waals surface area contributed by atoms with Gasteiger partial charge in [-0.25, -0.2) is 4.98 Å². The van der Waals surface area contributed by atoms with Crippen molar-refractivity contribution in [3.8, 4) is 0 Å². The number of aromatic nitrogens is 3. The summed E-state index contributed by atoms with van der Waals surface area (Å²) in [4.78, 5) is 16.8. The summed E-state index contributed by atoms with van der Waals surface area (Å²) in [7, 11) is 1.89. The minimum atomic E-state index is -0.599. The molecule has 0 aromatic carbocycles. The molecule has 3 heterocycles. The molecule has 0 saturated heterocycles. The van der Waals surface area contributed by atoms with Crippen LogP contribution in [0.15, 0.2) is 42.7 Å². The lowest BCUT2D eigenvalue weighted by atomic mass is 10.2. The predicted octanol–water partition coefficient (Wildman–Crippen LogP) is 1.83. The topological polar surface area (TPSA) is 71.6 Å². The van der Waals surface area contributed by atoms with Crippen molar-refractivity contribution in [1.82, 2.24) is 19.3 Å². The minimum absolute atomic E-state index is 0.180. The van der Waals surface area contributed by atoms with Crippen molar-refractivity contribution < 1.29 is 9.90 Å². The Morgan fingerprint density at radius 3 is 2.87 bits per heavy atom. The van der Waals surface area contributed by atoms with Crippen LogP contribution in [0.25, 0.3) is 5.65 Å². The van der Waals surface area contributed by atoms with E-state index in [0.29, 0.717) is 24.4 Å². The third-order valence-corrected chi connectivity index (χ3v) is 3.95. The molecule has 3 rings (SSSR count). The van der Waals surface area contributed by atoms with E-state index >= 15 is 0 Å². The van der Waals surface area contributed by atoms with E-state index in [1.165, 1.54) is 0 Å². The minimum Gasteiger partial charge on any atom is -0.387 e. The lowest BCUT2D eigenvalue weighted by Gasteiger charge is -2.12. The molecule has 0 bridgehead atoms. The van der Waals surface area contributed by atoms with Gasteiger partial charge in [-0.05, 0) is 37.6 Å². The monoisotopic (exact) mass is 312 g/mol. The first-order valence-electron chi connectivity index (χ1n) is 7.59. The number of aliphatic hydroxyl groups is 1. The average Bonchev–Trinajstić information content (AvgIpc) is 3.09. The number of amides is 1. The Morgan fingerprint density at radius 2 is 2.13 bits per heavy atom. The van der Waals surface area contributed by atoms with Crippen molar-refractivity contribution in [2.75, 3.05) is 6.54 Å². The molecule has 0 aliphatic heterocycles. The number of rotatable bonds is 5. The molecule has 23 heavy (non-hydrogen) atoms. The van der Waals surface area contributed by atoms with Gasteiger partial charge in [-0.2, -0.15) is 0 Å². The van der Waals surface area contributed by atoms with Gasteiger partial charge in [0.1, 0.15) is 11.3 Å². The maximum Gasteiger partial charge on any atom is 0.270 e. The van der Waals surface area contributed by atoms with Gasteiger partial charge in [0.05, 0.1) is 11.8 Å². The van der Waals surface area contributed by atoms with Crippen molar-refractivity contribution >= 4 is 11.6 Å². The van der Waals surface area contributed by atoms with Gasteiger partial charge in [-0.1, -0.05) is 6.07 Å². The fraction of sp³-hybridized carbons (Fsp3) is 0.294. The fourth-order valence-corrected chi connectivity index (χ4v) is 2.76. The Labute approximate surface area is 134 Å². The lowest BCUT2D eigenvalue weighted by Crippen LogP contribution is -2.27. The van der Waals surface area contributed by atoms with E-state index in [0.717, 1.165) is 11.3 Å². The van der Waals surface area contributed by atoms with Crippen molar-refractivity contribution in [2.45, 2.75) is 19.4 Å². The zero-order valence-electron chi connectivity index (χ0n) is 13.2. The molecule has 2 N–H and O–H groups in total. The number of aryl methyl sites for hydroxylation is 2. The molecule has 1 amide bonds. The van der Waals surface area contributed by atoms with Gasteiger partial charge in [0, 0.05) is 31.7 Å². The molecular weight excluding hydrogens is 292 g/mol. The number of carbonyl (C=O) groups excluding carboxylic acids is 1. The molecule has 0 saturated carbocycles. The quantitative estimate of drug-likeness (QED) is 0.755. The maximum absolute atomic E-state index is 12.4. The van der Waals surface area contributed by atoms with Crippen LogP contribution < -0.4 is 5.32 Å². The number of nitrogens with one attached hydrogen (secondary N) is 1. The predicted molar refractivity (Wildman–Crippen MR) is 87.3 cm³/mol. The van der Waals surface area contributed by atoms with Crippen LogP contribution in [0.1, 0.15) is 34.4 Å². The SMILES string of the molecule is Cc1nc2ccccn2c1C(=O)NCCC(O)c1cccn1C. The first kappa shape index (κ1) is 15.3. The Morgan fingerprint density at radius 1 is 1.30 bits per heavy atom. The van der Waals surface area contributed by atoms with Crippen molar-refractivity contribution in [3.63, 3.8) is 0 Å². The molecular formula is C17H20N4O2. The third-order valence-electron chi connectivity index (χ3n) is 3.95. The highest BCUT2D eigenvalue weighted by molar-refractivity contribution is 5.94. The standard InChI is InChI=1S/C17H20N4O2/c1-12-16(21-11-4-3-7-15(21)19-12)17(23)18-9-8-14(22)13-6-5-10-20(13)2/h3-7,10-11,14,22H,8-9H2,1-2H3,(H,18,23). The molecule has 0 fully saturated rings. The highest BCUT2D eigenvalue weighted by Crippen LogP contribution is 2.16. The zero-order valence-corrected chi connectivity index (χ0v) is 13.2. The number of imidazole rings is 1. The van der Waals surface area contributed by atoms with E-state index < -0.39 is 6.10 Å². The molecule has 0 spiro atoms. The van der Waals surface area contributed by atoms with Crippen LogP contribution in [0.4, 0.5) is 0 Å². The molecule has 6 nitrogen and oxygen atoms in total. The molecule has 6 heteroatoms. The summed E-state index contributed by atoms with van der Waals surface area (Å²) >= 11 is 0. The van der Waals surface area contributed by atoms with E-state index in [4.69, 9.17) is 0 Å². The number of carbonyl (C=O) groups is 1. The first-order valence-corrected chi connectivity index (χ1v) is 7.59. The number of aliphatic hydroxyl groups excluding tert-OH is 1. The van der Waals surface area contributed by atoms with Crippen LogP contribution in [0.3, 0.4) is 0 Å². The van der Waals surface area contributed by atoms with E-state index in [-0.39, 0.29) is 5.91 Å². The summed E-state index contributed by atoms with van der Waals surface area (Å²) in [5, 5.41) is 13.0. The molecule has 1 atom stereocenters. The number of fused-ring (bicyclic) bond motifs is 1. The molecule has 1 unspecified atom stereocenters. The summed E-state index contributed by atoms with van der Waals surface area (Å²) in [5.41, 5.74) is 2.81. The summed E-state index contributed by atoms with van der Waals surface area (Å²) in [6, 6.07) is 9.38. The molecule has 0 aliphatic carbocycles. The Balaban J connectivity index is 1.65. The van der Waals surface area contributed by atoms with Crippen LogP contribution in [0.2, 0.25) is 0 Å². The van der Waals surface area contributed by atoms with Crippen molar-refractivity contribution in [2.24, 2.45) is 7.05 Å². The summed E-state index contributed by atoms with van der Waals surface area (Å²) < 4.78 is 3.65. The highest BCUT2D eigenvalue weighted by atomic mass is 16.3. The number of hydrogen-bond donors (Lipinski definition) is 2. The summed E-state index contributed by atoms with van der Waals surface area (Å²) in [5.74, 6) is -0.180. The van der Waals surface area contributed by atoms with Gasteiger partial charge in [0.25, 0.3) is 5.91 Å². The van der Waals surface area contributed by atoms with E-state index in [2.05, 4.69) is 10.3 Å². The largest absolute Gasteiger partial charge is 0.387 e. The van der Waals surface area contributed by atoms with Gasteiger partial charge in [0.2, 0.25) is 0 Å². The number of pyridine rings is 1. The first-order chi connectivity index (χ1) is 11.1. The van der Waals surface area contributed by atoms with Crippen LogP contribution >= 0.6 is 0 Å². The number of nitrogens with zero attached hydrogens (tertiary/aromatic N) is 3. The Kier molecular flexibility index (Phi) is 4.16. The normalized spacial score (nSPS) is 12.5. The van der Waals surface area contributed by atoms with Gasteiger partial charge >= 0.3 is 0 Å². The van der Waals surface area contributed by atoms with Gasteiger partial charge in [-0.3, -0.25) is 9.20 Å². The van der Waals surface area contributed by atoms with Gasteiger partial charge < -0.3 is 15.0 Å². The van der Waals surface area contributed by atoms with E-state index in [1.54, 1.807) is 4.40 Å². The van der Waals surface area contributed by atoms with Gasteiger partial charge in [-0.15, -0.1) is 0 Å². The van der Waals surface area contributed by atoms with E-state index in [9.17, 15) is 9.90 Å². The lowest BCUT2D eigenvalue weighted by molar-refractivity contribution is 0.0935. The second-order valence-corrected chi connectivity index (χ2v) is 5.58. The number of hydrogen-bond acceptors (Lipinski definition) is 3. The molecule has 0 aliphatic rings. The Bertz CT molecular complexity index is 834. The van der Waals surface area contributed by atoms with Crippen molar-refractivity contribution in [1.29, 1.82) is 0 Å². The molecule has 0 radical (unpaired) electrons. The molecule has 120 valence electrons. The van der Waals surface area contributed by atoms with Crippen LogP contribution in [0.5, 0.6) is 0 Å². The van der Waals surface area contributed by atoms with Gasteiger partial charge in [0.15, 0.2) is 0 Å². The smallest absolute Gasteiger partial charge is 0.270 e. The summed E-state index contributed by atoms with van der Waals surface area (Å²) in [6.07, 6.45) is 3.57. The second-order valence-electron chi connectivity index (χ2n) is 5.58. The molecule has 3 aromatic heterocycles. The highest BCUT2D eigenvalue weighted by Gasteiger charge is 2.17. The van der Waals surface area contributed by atoms with Crippen LogP contribution in [-0.4, -0.2) is 31.5 Å². The summed E-state index contributed by atoms with van der Waals surface area (Å²) in [6.45, 7) is 2.21. The van der Waals surface area contributed by atoms with Crippen LogP contribution in [0, 0.1) is 6.92 Å². The Hall–Kier alpha value is -2.60. The average molecular weight is 312 g/mol. The molecule has 3 aromatic rings. The van der Waals surface area contributed by atoms with Crippen molar-refractivity contribution in [3.05, 3.63) is 59.8 Å². The van der Waals surface area contributed by atoms with E-state index in [1.807, 2.05) is 61.3 Å². The second kappa shape index (κ2) is 6.26. The fourth-order valence-electron chi connectivity index (χ4n) is 2.76. The third kappa shape index (κ3) is 2.98. The van der Waals surface area contributed by atoms with Crippen LogP contribution in [-0.2, 0) is 7.05 Å².